The van der Waals surface area contributed by atoms with Gasteiger partial charge in [-0.05, 0) is 38.0 Å². The molecule has 0 saturated heterocycles. The molecule has 4 heteroatoms. The Bertz CT molecular complexity index is 377. The van der Waals surface area contributed by atoms with Gasteiger partial charge in [-0.1, -0.05) is 0 Å². The molecule has 1 aromatic heterocycles. The minimum Gasteiger partial charge on any atom is -0.351 e. The first-order chi connectivity index (χ1) is 7.47. The summed E-state index contributed by atoms with van der Waals surface area (Å²) >= 11 is 5.73. The molecule has 0 aliphatic rings. The highest BCUT2D eigenvalue weighted by Gasteiger charge is 2.25. The van der Waals surface area contributed by atoms with E-state index in [-0.39, 0.29) is 5.91 Å². The number of aryl methyl sites for hydroxylation is 1. The van der Waals surface area contributed by atoms with Gasteiger partial charge in [0.15, 0.2) is 0 Å². The van der Waals surface area contributed by atoms with Crippen molar-refractivity contribution in [3.8, 4) is 0 Å². The van der Waals surface area contributed by atoms with Crippen LogP contribution in [0.1, 0.15) is 25.0 Å². The van der Waals surface area contributed by atoms with Crippen LogP contribution in [0.3, 0.4) is 0 Å². The summed E-state index contributed by atoms with van der Waals surface area (Å²) in [7, 11) is 0. The van der Waals surface area contributed by atoms with Gasteiger partial charge in [0, 0.05) is 24.8 Å². The molecular weight excluding hydrogens is 224 g/mol. The van der Waals surface area contributed by atoms with Gasteiger partial charge in [-0.15, -0.1) is 11.6 Å². The minimum atomic E-state index is -0.530. The quantitative estimate of drug-likeness (QED) is 0.821. The van der Waals surface area contributed by atoms with Gasteiger partial charge in [-0.3, -0.25) is 9.78 Å². The second-order valence-corrected chi connectivity index (χ2v) is 4.77. The summed E-state index contributed by atoms with van der Waals surface area (Å²) < 4.78 is 0. The van der Waals surface area contributed by atoms with Crippen LogP contribution in [0.2, 0.25) is 0 Å². The summed E-state index contributed by atoms with van der Waals surface area (Å²) in [5.41, 5.74) is 1.62. The van der Waals surface area contributed by atoms with Crippen LogP contribution in [-0.4, -0.2) is 16.8 Å². The Labute approximate surface area is 101 Å². The number of nitrogens with one attached hydrogen (secondary N) is 1. The Hall–Kier alpha value is -1.09. The van der Waals surface area contributed by atoms with Crippen molar-refractivity contribution in [1.82, 2.24) is 10.3 Å². The first-order valence-corrected chi connectivity index (χ1v) is 5.74. The molecule has 0 radical (unpaired) electrons. The molecule has 0 aromatic carbocycles. The maximum absolute atomic E-state index is 11.8. The molecule has 3 nitrogen and oxygen atoms in total. The first-order valence-electron chi connectivity index (χ1n) is 5.21. The zero-order valence-electron chi connectivity index (χ0n) is 9.88. The van der Waals surface area contributed by atoms with Crippen LogP contribution in [0.4, 0.5) is 0 Å². The average molecular weight is 241 g/mol. The second-order valence-electron chi connectivity index (χ2n) is 4.50. The molecule has 0 bridgehead atoms. The van der Waals surface area contributed by atoms with Crippen molar-refractivity contribution in [1.29, 1.82) is 0 Å². The number of nitrogens with zero attached hydrogens (tertiary/aromatic N) is 1. The largest absolute Gasteiger partial charge is 0.351 e. The second kappa shape index (κ2) is 5.30. The van der Waals surface area contributed by atoms with Crippen molar-refractivity contribution in [2.45, 2.75) is 27.3 Å². The molecule has 0 atom stereocenters. The van der Waals surface area contributed by atoms with E-state index >= 15 is 0 Å². The highest BCUT2D eigenvalue weighted by molar-refractivity contribution is 6.19. The monoisotopic (exact) mass is 240 g/mol. The molecule has 0 spiro atoms. The fourth-order valence-corrected chi connectivity index (χ4v) is 1.28. The van der Waals surface area contributed by atoms with Gasteiger partial charge >= 0.3 is 0 Å². The van der Waals surface area contributed by atoms with E-state index in [4.69, 9.17) is 11.6 Å². The maximum atomic E-state index is 11.8. The number of aromatic nitrogens is 1. The third-order valence-corrected chi connectivity index (χ3v) is 3.20. The van der Waals surface area contributed by atoms with Crippen LogP contribution in [0, 0.1) is 12.3 Å². The lowest BCUT2D eigenvalue weighted by molar-refractivity contribution is -0.128. The smallest absolute Gasteiger partial charge is 0.227 e. The minimum absolute atomic E-state index is 0.0363. The number of hydrogen-bond acceptors (Lipinski definition) is 2. The first kappa shape index (κ1) is 13.0. The Morgan fingerprint density at radius 3 is 2.81 bits per heavy atom. The summed E-state index contributed by atoms with van der Waals surface area (Å²) in [6.07, 6.45) is 3.51. The maximum Gasteiger partial charge on any atom is 0.227 e. The van der Waals surface area contributed by atoms with Gasteiger partial charge < -0.3 is 5.32 Å². The molecular formula is C12H17ClN2O. The van der Waals surface area contributed by atoms with Gasteiger partial charge in [-0.2, -0.15) is 0 Å². The highest BCUT2D eigenvalue weighted by Crippen LogP contribution is 2.17. The SMILES string of the molecule is Cc1ccncc1CNC(=O)C(C)(C)CCl. The zero-order valence-corrected chi connectivity index (χ0v) is 10.6. The van der Waals surface area contributed by atoms with E-state index in [1.54, 1.807) is 12.4 Å². The Balaban J connectivity index is 2.59. The van der Waals surface area contributed by atoms with Gasteiger partial charge in [0.25, 0.3) is 0 Å². The number of carbonyl (C=O) groups is 1. The van der Waals surface area contributed by atoms with Crippen molar-refractivity contribution < 1.29 is 4.79 Å². The van der Waals surface area contributed by atoms with Crippen LogP contribution >= 0.6 is 11.6 Å². The molecule has 1 aromatic rings. The molecule has 1 amide bonds. The fraction of sp³-hybridized carbons (Fsp3) is 0.500. The number of rotatable bonds is 4. The number of hydrogen-bond donors (Lipinski definition) is 1. The predicted octanol–water partition coefficient (Wildman–Crippen LogP) is 2.27. The summed E-state index contributed by atoms with van der Waals surface area (Å²) in [4.78, 5) is 15.8. The number of carbonyl (C=O) groups excluding carboxylic acids is 1. The molecule has 0 unspecified atom stereocenters. The van der Waals surface area contributed by atoms with Crippen molar-refractivity contribution >= 4 is 17.5 Å². The summed E-state index contributed by atoms with van der Waals surface area (Å²) in [6.45, 7) is 6.14. The van der Waals surface area contributed by atoms with Gasteiger partial charge in [0.1, 0.15) is 0 Å². The summed E-state index contributed by atoms with van der Waals surface area (Å²) in [5.74, 6) is 0.274. The number of halogens is 1. The zero-order chi connectivity index (χ0) is 12.2. The van der Waals surface area contributed by atoms with Crippen LogP contribution in [0.25, 0.3) is 0 Å². The third-order valence-electron chi connectivity index (χ3n) is 2.54. The standard InChI is InChI=1S/C12H17ClN2O/c1-9-4-5-14-6-10(9)7-15-11(16)12(2,3)8-13/h4-6H,7-8H2,1-3H3,(H,15,16). The van der Waals surface area contributed by atoms with Crippen molar-refractivity contribution in [3.05, 3.63) is 29.6 Å². The summed E-state index contributed by atoms with van der Waals surface area (Å²) in [6, 6.07) is 1.92. The Kier molecular flexibility index (Phi) is 4.30. The molecule has 88 valence electrons. The Morgan fingerprint density at radius 1 is 1.56 bits per heavy atom. The third kappa shape index (κ3) is 3.20. The topological polar surface area (TPSA) is 42.0 Å². The van der Waals surface area contributed by atoms with E-state index in [9.17, 15) is 4.79 Å². The summed E-state index contributed by atoms with van der Waals surface area (Å²) in [5, 5.41) is 2.87. The van der Waals surface area contributed by atoms with E-state index < -0.39 is 5.41 Å². The predicted molar refractivity (Wildman–Crippen MR) is 65.3 cm³/mol. The molecule has 0 aliphatic carbocycles. The Morgan fingerprint density at radius 2 is 2.25 bits per heavy atom. The highest BCUT2D eigenvalue weighted by atomic mass is 35.5. The van der Waals surface area contributed by atoms with E-state index in [2.05, 4.69) is 10.3 Å². The van der Waals surface area contributed by atoms with Crippen molar-refractivity contribution in [2.24, 2.45) is 5.41 Å². The number of pyridine rings is 1. The van der Waals surface area contributed by atoms with Gasteiger partial charge in [-0.25, -0.2) is 0 Å². The average Bonchev–Trinajstić information content (AvgIpc) is 2.27. The van der Waals surface area contributed by atoms with Crippen LogP contribution in [0.15, 0.2) is 18.5 Å². The lowest BCUT2D eigenvalue weighted by Gasteiger charge is -2.20. The molecule has 16 heavy (non-hydrogen) atoms. The molecule has 1 rings (SSSR count). The van der Waals surface area contributed by atoms with Crippen LogP contribution in [-0.2, 0) is 11.3 Å². The molecule has 0 fully saturated rings. The fourth-order valence-electron chi connectivity index (χ4n) is 1.16. The van der Waals surface area contributed by atoms with Crippen LogP contribution in [0.5, 0.6) is 0 Å². The van der Waals surface area contributed by atoms with E-state index in [1.807, 2.05) is 26.8 Å². The molecule has 1 N–H and O–H groups in total. The normalized spacial score (nSPS) is 11.2. The number of alkyl halides is 1. The van der Waals surface area contributed by atoms with E-state index in [0.29, 0.717) is 12.4 Å². The van der Waals surface area contributed by atoms with E-state index in [0.717, 1.165) is 11.1 Å². The molecule has 0 aliphatic heterocycles. The molecule has 1 heterocycles. The van der Waals surface area contributed by atoms with Gasteiger partial charge in [0.2, 0.25) is 5.91 Å². The van der Waals surface area contributed by atoms with Crippen molar-refractivity contribution in [3.63, 3.8) is 0 Å². The van der Waals surface area contributed by atoms with Crippen LogP contribution < -0.4 is 5.32 Å². The molecule has 0 saturated carbocycles. The van der Waals surface area contributed by atoms with Gasteiger partial charge in [0.05, 0.1) is 5.41 Å². The van der Waals surface area contributed by atoms with Crippen molar-refractivity contribution in [2.75, 3.05) is 5.88 Å². The van der Waals surface area contributed by atoms with E-state index in [1.165, 1.54) is 0 Å². The lowest BCUT2D eigenvalue weighted by atomic mass is 9.95. The lowest BCUT2D eigenvalue weighted by Crippen LogP contribution is -2.37. The number of amides is 1.